The molecule has 0 aliphatic rings. The van der Waals surface area contributed by atoms with Crippen LogP contribution < -0.4 is 10.2 Å². The molecule has 2 rings (SSSR count). The van der Waals surface area contributed by atoms with Crippen molar-refractivity contribution in [1.82, 2.24) is 4.57 Å². The summed E-state index contributed by atoms with van der Waals surface area (Å²) in [5.74, 6) is -0.610. The number of methoxy groups -OCH3 is 1. The number of hydrogen-bond acceptors (Lipinski definition) is 3. The molecule has 1 heterocycles. The van der Waals surface area contributed by atoms with E-state index in [-0.39, 0.29) is 12.0 Å². The Morgan fingerprint density at radius 2 is 2.22 bits per heavy atom. The summed E-state index contributed by atoms with van der Waals surface area (Å²) in [6.45, 7) is -0.237. The number of carbonyl (C=O) groups is 1. The average molecular weight is 268 g/mol. The maximum absolute atomic E-state index is 11.7. The lowest BCUT2D eigenvalue weighted by atomic mass is 10.2. The first-order valence-electron chi connectivity index (χ1n) is 5.11. The highest BCUT2D eigenvalue weighted by Gasteiger charge is 2.10. The van der Waals surface area contributed by atoms with E-state index in [1.807, 2.05) is 0 Å². The summed E-state index contributed by atoms with van der Waals surface area (Å²) >= 11 is 5.98. The predicted molar refractivity (Wildman–Crippen MR) is 67.4 cm³/mol. The SMILES string of the molecule is COc1cc2c(=O)ccn(CC(=O)O)c2cc1Cl. The van der Waals surface area contributed by atoms with Gasteiger partial charge < -0.3 is 14.4 Å². The Hall–Kier alpha value is -2.01. The molecule has 0 atom stereocenters. The van der Waals surface area contributed by atoms with E-state index in [1.165, 1.54) is 36.1 Å². The number of fused-ring (bicyclic) bond motifs is 1. The van der Waals surface area contributed by atoms with Gasteiger partial charge in [-0.15, -0.1) is 0 Å². The fraction of sp³-hybridized carbons (Fsp3) is 0.167. The largest absolute Gasteiger partial charge is 0.495 e. The molecule has 94 valence electrons. The highest BCUT2D eigenvalue weighted by atomic mass is 35.5. The molecule has 0 saturated heterocycles. The van der Waals surface area contributed by atoms with Gasteiger partial charge in [0.1, 0.15) is 12.3 Å². The molecular weight excluding hydrogens is 258 g/mol. The topological polar surface area (TPSA) is 68.5 Å². The van der Waals surface area contributed by atoms with Gasteiger partial charge in [-0.3, -0.25) is 9.59 Å². The molecule has 0 aliphatic carbocycles. The molecule has 1 aromatic carbocycles. The molecule has 2 aromatic rings. The van der Waals surface area contributed by atoms with Crippen LogP contribution in [0.3, 0.4) is 0 Å². The Labute approximate surface area is 107 Å². The van der Waals surface area contributed by atoms with Crippen molar-refractivity contribution in [2.24, 2.45) is 0 Å². The first kappa shape index (κ1) is 12.4. The third-order valence-electron chi connectivity index (χ3n) is 2.56. The zero-order valence-corrected chi connectivity index (χ0v) is 10.3. The Bertz CT molecular complexity index is 678. The van der Waals surface area contributed by atoms with Crippen LogP contribution in [0.1, 0.15) is 0 Å². The minimum atomic E-state index is -0.994. The van der Waals surface area contributed by atoms with E-state index < -0.39 is 5.97 Å². The van der Waals surface area contributed by atoms with Crippen LogP contribution in [0.25, 0.3) is 10.9 Å². The smallest absolute Gasteiger partial charge is 0.323 e. The van der Waals surface area contributed by atoms with Crippen molar-refractivity contribution in [1.29, 1.82) is 0 Å². The van der Waals surface area contributed by atoms with E-state index in [1.54, 1.807) is 0 Å². The summed E-state index contributed by atoms with van der Waals surface area (Å²) in [5.41, 5.74) is 0.261. The van der Waals surface area contributed by atoms with Crippen molar-refractivity contribution in [3.63, 3.8) is 0 Å². The number of benzene rings is 1. The molecule has 0 radical (unpaired) electrons. The van der Waals surface area contributed by atoms with Crippen LogP contribution in [-0.2, 0) is 11.3 Å². The van der Waals surface area contributed by atoms with Crippen molar-refractivity contribution in [3.8, 4) is 5.75 Å². The van der Waals surface area contributed by atoms with Crippen LogP contribution in [0.2, 0.25) is 5.02 Å². The number of halogens is 1. The highest BCUT2D eigenvalue weighted by Crippen LogP contribution is 2.28. The van der Waals surface area contributed by atoms with Crippen molar-refractivity contribution in [2.75, 3.05) is 7.11 Å². The van der Waals surface area contributed by atoms with E-state index in [9.17, 15) is 9.59 Å². The monoisotopic (exact) mass is 267 g/mol. The summed E-state index contributed by atoms with van der Waals surface area (Å²) in [6, 6.07) is 4.36. The minimum Gasteiger partial charge on any atom is -0.495 e. The summed E-state index contributed by atoms with van der Waals surface area (Å²) in [6.07, 6.45) is 1.43. The zero-order chi connectivity index (χ0) is 13.3. The van der Waals surface area contributed by atoms with Gasteiger partial charge in [0, 0.05) is 17.6 Å². The molecule has 5 nitrogen and oxygen atoms in total. The third kappa shape index (κ3) is 2.17. The molecule has 0 saturated carbocycles. The third-order valence-corrected chi connectivity index (χ3v) is 2.85. The van der Waals surface area contributed by atoms with Crippen LogP contribution in [0, 0.1) is 0 Å². The molecule has 0 fully saturated rings. The van der Waals surface area contributed by atoms with Gasteiger partial charge in [-0.25, -0.2) is 0 Å². The number of hydrogen-bond donors (Lipinski definition) is 1. The Balaban J connectivity index is 2.77. The van der Waals surface area contributed by atoms with Gasteiger partial charge >= 0.3 is 5.97 Å². The van der Waals surface area contributed by atoms with Gasteiger partial charge in [-0.2, -0.15) is 0 Å². The normalized spacial score (nSPS) is 10.6. The predicted octanol–water partition coefficient (Wildman–Crippen LogP) is 1.75. The van der Waals surface area contributed by atoms with Crippen LogP contribution in [0.4, 0.5) is 0 Å². The lowest BCUT2D eigenvalue weighted by molar-refractivity contribution is -0.137. The van der Waals surface area contributed by atoms with E-state index in [0.29, 0.717) is 21.7 Å². The number of carboxylic acids is 1. The van der Waals surface area contributed by atoms with Gasteiger partial charge in [0.2, 0.25) is 0 Å². The van der Waals surface area contributed by atoms with E-state index >= 15 is 0 Å². The Kier molecular flexibility index (Phi) is 3.25. The minimum absolute atomic E-state index is 0.207. The molecule has 18 heavy (non-hydrogen) atoms. The van der Waals surface area contributed by atoms with E-state index in [4.69, 9.17) is 21.4 Å². The van der Waals surface area contributed by atoms with Crippen LogP contribution in [0.5, 0.6) is 5.75 Å². The highest BCUT2D eigenvalue weighted by molar-refractivity contribution is 6.32. The van der Waals surface area contributed by atoms with Gasteiger partial charge in [0.15, 0.2) is 5.43 Å². The van der Waals surface area contributed by atoms with Crippen molar-refractivity contribution < 1.29 is 14.6 Å². The number of aliphatic carboxylic acids is 1. The Morgan fingerprint density at radius 1 is 1.50 bits per heavy atom. The summed E-state index contributed by atoms with van der Waals surface area (Å²) in [7, 11) is 1.45. The molecule has 0 unspecified atom stereocenters. The average Bonchev–Trinajstić information content (AvgIpc) is 2.32. The van der Waals surface area contributed by atoms with Crippen molar-refractivity contribution >= 4 is 28.5 Å². The lowest BCUT2D eigenvalue weighted by Gasteiger charge is -2.10. The quantitative estimate of drug-likeness (QED) is 0.920. The molecule has 0 bridgehead atoms. The molecule has 1 aromatic heterocycles. The number of pyridine rings is 1. The molecule has 6 heteroatoms. The molecular formula is C12H10ClNO4. The molecule has 0 spiro atoms. The first-order chi connectivity index (χ1) is 8.52. The number of rotatable bonds is 3. The number of ether oxygens (including phenoxy) is 1. The second-order valence-corrected chi connectivity index (χ2v) is 4.11. The fourth-order valence-corrected chi connectivity index (χ4v) is 1.98. The van der Waals surface area contributed by atoms with E-state index in [2.05, 4.69) is 0 Å². The molecule has 1 N–H and O–H groups in total. The summed E-state index contributed by atoms with van der Waals surface area (Å²) in [4.78, 5) is 22.5. The van der Waals surface area contributed by atoms with Gasteiger partial charge in [0.25, 0.3) is 0 Å². The standard InChI is InChI=1S/C12H10ClNO4/c1-18-11-4-7-9(5-8(11)13)14(6-12(16)17)3-2-10(7)15/h2-5H,6H2,1H3,(H,16,17). The first-order valence-corrected chi connectivity index (χ1v) is 5.49. The van der Waals surface area contributed by atoms with Crippen LogP contribution in [0.15, 0.2) is 29.2 Å². The lowest BCUT2D eigenvalue weighted by Crippen LogP contribution is -2.13. The summed E-state index contributed by atoms with van der Waals surface area (Å²) in [5, 5.41) is 9.51. The van der Waals surface area contributed by atoms with Crippen molar-refractivity contribution in [3.05, 3.63) is 39.6 Å². The number of aromatic nitrogens is 1. The Morgan fingerprint density at radius 3 is 2.83 bits per heavy atom. The zero-order valence-electron chi connectivity index (χ0n) is 9.51. The summed E-state index contributed by atoms with van der Waals surface area (Å²) < 4.78 is 6.48. The second kappa shape index (κ2) is 4.70. The molecule has 0 amide bonds. The number of nitrogens with zero attached hydrogens (tertiary/aromatic N) is 1. The maximum Gasteiger partial charge on any atom is 0.323 e. The van der Waals surface area contributed by atoms with Crippen molar-refractivity contribution in [2.45, 2.75) is 6.54 Å². The van der Waals surface area contributed by atoms with Gasteiger partial charge in [-0.05, 0) is 12.1 Å². The van der Waals surface area contributed by atoms with Gasteiger partial charge in [-0.1, -0.05) is 11.6 Å². The maximum atomic E-state index is 11.7. The van der Waals surface area contributed by atoms with Crippen LogP contribution in [-0.4, -0.2) is 22.8 Å². The number of carboxylic acid groups (broad SMARTS) is 1. The van der Waals surface area contributed by atoms with Crippen LogP contribution >= 0.6 is 11.6 Å². The van der Waals surface area contributed by atoms with E-state index in [0.717, 1.165) is 0 Å². The fourth-order valence-electron chi connectivity index (χ4n) is 1.75. The second-order valence-electron chi connectivity index (χ2n) is 3.71. The molecule has 0 aliphatic heterocycles. The van der Waals surface area contributed by atoms with Gasteiger partial charge in [0.05, 0.1) is 17.6 Å².